The Balaban J connectivity index is 2.66. The number of hydrogen-bond donors (Lipinski definition) is 0. The smallest absolute Gasteiger partial charge is 0.420 e. The van der Waals surface area contributed by atoms with Gasteiger partial charge in [0.15, 0.2) is 5.82 Å². The summed E-state index contributed by atoms with van der Waals surface area (Å²) in [5.74, 6) is 0.544. The van der Waals surface area contributed by atoms with E-state index >= 15 is 0 Å². The molecule has 0 aliphatic heterocycles. The summed E-state index contributed by atoms with van der Waals surface area (Å²) in [6.45, 7) is 11.2. The topological polar surface area (TPSA) is 44.1 Å². The standard InChI is InChI=1S/C19H22N2O2/c1-6-11-15-16(7-2)21(18(22)23-19(3,4)5)17(20-15)14-12-9-8-10-13-14/h6-13H,2H2,1,3-5H3/b11-6-. The van der Waals surface area contributed by atoms with E-state index in [0.717, 1.165) is 5.56 Å². The molecule has 120 valence electrons. The van der Waals surface area contributed by atoms with Crippen LogP contribution in [-0.4, -0.2) is 21.2 Å². The maximum Gasteiger partial charge on any atom is 0.420 e. The van der Waals surface area contributed by atoms with Gasteiger partial charge in [0.05, 0.1) is 11.4 Å². The largest absolute Gasteiger partial charge is 0.443 e. The van der Waals surface area contributed by atoms with Crippen LogP contribution >= 0.6 is 0 Å². The lowest BCUT2D eigenvalue weighted by molar-refractivity contribution is 0.0538. The van der Waals surface area contributed by atoms with E-state index in [0.29, 0.717) is 17.2 Å². The molecule has 0 fully saturated rings. The number of aromatic nitrogens is 2. The van der Waals surface area contributed by atoms with Crippen LogP contribution in [0.25, 0.3) is 23.5 Å². The van der Waals surface area contributed by atoms with Crippen LogP contribution in [0.5, 0.6) is 0 Å². The molecular formula is C19H22N2O2. The summed E-state index contributed by atoms with van der Waals surface area (Å²) in [5, 5.41) is 0. The highest BCUT2D eigenvalue weighted by atomic mass is 16.6. The quantitative estimate of drug-likeness (QED) is 0.800. The van der Waals surface area contributed by atoms with Crippen molar-refractivity contribution in [3.8, 4) is 11.4 Å². The Kier molecular flexibility index (Phi) is 4.84. The molecule has 0 amide bonds. The number of rotatable bonds is 3. The minimum Gasteiger partial charge on any atom is -0.443 e. The summed E-state index contributed by atoms with van der Waals surface area (Å²) in [5.41, 5.74) is 1.56. The first-order chi connectivity index (χ1) is 10.9. The van der Waals surface area contributed by atoms with Gasteiger partial charge in [-0.05, 0) is 39.8 Å². The first-order valence-electron chi connectivity index (χ1n) is 7.54. The van der Waals surface area contributed by atoms with Crippen LogP contribution in [-0.2, 0) is 4.74 Å². The number of allylic oxidation sites excluding steroid dienone is 1. The van der Waals surface area contributed by atoms with Crippen molar-refractivity contribution in [2.75, 3.05) is 0 Å². The zero-order valence-corrected chi connectivity index (χ0v) is 14.0. The maximum atomic E-state index is 12.7. The van der Waals surface area contributed by atoms with Gasteiger partial charge in [-0.25, -0.2) is 14.3 Å². The van der Waals surface area contributed by atoms with Crippen molar-refractivity contribution < 1.29 is 9.53 Å². The van der Waals surface area contributed by atoms with Gasteiger partial charge in [0.25, 0.3) is 0 Å². The second-order valence-corrected chi connectivity index (χ2v) is 6.09. The molecule has 0 saturated heterocycles. The normalized spacial score (nSPS) is 11.7. The molecule has 1 aromatic carbocycles. The Bertz CT molecular complexity index is 735. The Morgan fingerprint density at radius 2 is 1.91 bits per heavy atom. The molecule has 0 aliphatic rings. The van der Waals surface area contributed by atoms with E-state index in [9.17, 15) is 4.79 Å². The summed E-state index contributed by atoms with van der Waals surface area (Å²) >= 11 is 0. The Morgan fingerprint density at radius 3 is 2.43 bits per heavy atom. The van der Waals surface area contributed by atoms with Gasteiger partial charge < -0.3 is 4.74 Å². The van der Waals surface area contributed by atoms with Gasteiger partial charge >= 0.3 is 6.09 Å². The molecule has 2 aromatic rings. The molecule has 0 saturated carbocycles. The van der Waals surface area contributed by atoms with Crippen molar-refractivity contribution in [1.82, 2.24) is 9.55 Å². The van der Waals surface area contributed by atoms with Gasteiger partial charge in [-0.1, -0.05) is 43.0 Å². The van der Waals surface area contributed by atoms with Crippen molar-refractivity contribution in [1.29, 1.82) is 0 Å². The van der Waals surface area contributed by atoms with Crippen molar-refractivity contribution in [3.63, 3.8) is 0 Å². The van der Waals surface area contributed by atoms with E-state index in [1.54, 1.807) is 6.08 Å². The molecule has 4 nitrogen and oxygen atoms in total. The van der Waals surface area contributed by atoms with Crippen LogP contribution < -0.4 is 0 Å². The van der Waals surface area contributed by atoms with Crippen LogP contribution in [0, 0.1) is 0 Å². The van der Waals surface area contributed by atoms with E-state index < -0.39 is 11.7 Å². The number of imidazole rings is 1. The van der Waals surface area contributed by atoms with Gasteiger partial charge in [0.2, 0.25) is 0 Å². The van der Waals surface area contributed by atoms with Crippen molar-refractivity contribution >= 4 is 18.2 Å². The highest BCUT2D eigenvalue weighted by Crippen LogP contribution is 2.25. The number of nitrogens with zero attached hydrogens (tertiary/aromatic N) is 2. The molecular weight excluding hydrogens is 288 g/mol. The van der Waals surface area contributed by atoms with Crippen LogP contribution in [0.2, 0.25) is 0 Å². The lowest BCUT2D eigenvalue weighted by atomic mass is 10.2. The lowest BCUT2D eigenvalue weighted by Gasteiger charge is -2.20. The number of ether oxygens (including phenoxy) is 1. The minimum absolute atomic E-state index is 0.463. The lowest BCUT2D eigenvalue weighted by Crippen LogP contribution is -2.28. The average molecular weight is 310 g/mol. The van der Waals surface area contributed by atoms with Crippen molar-refractivity contribution in [2.24, 2.45) is 0 Å². The zero-order valence-electron chi connectivity index (χ0n) is 14.0. The Morgan fingerprint density at radius 1 is 1.26 bits per heavy atom. The maximum absolute atomic E-state index is 12.7. The average Bonchev–Trinajstić information content (AvgIpc) is 2.85. The SMILES string of the molecule is C=Cc1c(/C=C\C)nc(-c2ccccc2)n1C(=O)OC(C)(C)C. The number of benzene rings is 1. The van der Waals surface area contributed by atoms with E-state index in [-0.39, 0.29) is 0 Å². The molecule has 0 N–H and O–H groups in total. The van der Waals surface area contributed by atoms with E-state index in [2.05, 4.69) is 11.6 Å². The molecule has 0 unspecified atom stereocenters. The summed E-state index contributed by atoms with van der Waals surface area (Å²) in [6.07, 6.45) is 4.89. The fraction of sp³-hybridized carbons (Fsp3) is 0.263. The first-order valence-corrected chi connectivity index (χ1v) is 7.54. The zero-order chi connectivity index (χ0) is 17.0. The molecule has 0 aliphatic carbocycles. The van der Waals surface area contributed by atoms with Crippen LogP contribution in [0.15, 0.2) is 43.0 Å². The molecule has 0 spiro atoms. The highest BCUT2D eigenvalue weighted by molar-refractivity contribution is 5.83. The highest BCUT2D eigenvalue weighted by Gasteiger charge is 2.25. The third kappa shape index (κ3) is 3.77. The van der Waals surface area contributed by atoms with Crippen molar-refractivity contribution in [3.05, 3.63) is 54.4 Å². The Hall–Kier alpha value is -2.62. The third-order valence-corrected chi connectivity index (χ3v) is 3.07. The van der Waals surface area contributed by atoms with Crippen LogP contribution in [0.1, 0.15) is 39.1 Å². The molecule has 1 aromatic heterocycles. The van der Waals surface area contributed by atoms with Crippen molar-refractivity contribution in [2.45, 2.75) is 33.3 Å². The molecule has 1 heterocycles. The number of hydrogen-bond acceptors (Lipinski definition) is 3. The number of carbonyl (C=O) groups excluding carboxylic acids is 1. The van der Waals surface area contributed by atoms with Gasteiger partial charge in [-0.3, -0.25) is 0 Å². The van der Waals surface area contributed by atoms with E-state index in [4.69, 9.17) is 4.74 Å². The summed E-state index contributed by atoms with van der Waals surface area (Å²) in [6, 6.07) is 9.56. The third-order valence-electron chi connectivity index (χ3n) is 3.07. The summed E-state index contributed by atoms with van der Waals surface area (Å²) in [4.78, 5) is 17.3. The summed E-state index contributed by atoms with van der Waals surface area (Å²) < 4.78 is 7.01. The Labute approximate surface area is 137 Å². The predicted octanol–water partition coefficient (Wildman–Crippen LogP) is 5.01. The van der Waals surface area contributed by atoms with Crippen LogP contribution in [0.3, 0.4) is 0 Å². The van der Waals surface area contributed by atoms with Gasteiger partial charge in [0, 0.05) is 5.56 Å². The molecule has 0 atom stereocenters. The molecule has 0 bridgehead atoms. The van der Waals surface area contributed by atoms with E-state index in [1.165, 1.54) is 4.57 Å². The van der Waals surface area contributed by atoms with Gasteiger partial charge in [-0.15, -0.1) is 0 Å². The predicted molar refractivity (Wildman–Crippen MR) is 94.1 cm³/mol. The first kappa shape index (κ1) is 16.7. The second-order valence-electron chi connectivity index (χ2n) is 6.09. The fourth-order valence-electron chi connectivity index (χ4n) is 2.20. The molecule has 4 heteroatoms. The molecule has 2 rings (SSSR count). The second kappa shape index (κ2) is 6.65. The fourth-order valence-corrected chi connectivity index (χ4v) is 2.20. The molecule has 0 radical (unpaired) electrons. The number of carbonyl (C=O) groups is 1. The summed E-state index contributed by atoms with van der Waals surface area (Å²) in [7, 11) is 0. The van der Waals surface area contributed by atoms with Crippen LogP contribution in [0.4, 0.5) is 4.79 Å². The monoisotopic (exact) mass is 310 g/mol. The minimum atomic E-state index is -0.589. The van der Waals surface area contributed by atoms with Gasteiger partial charge in [0.1, 0.15) is 5.60 Å². The van der Waals surface area contributed by atoms with Gasteiger partial charge in [-0.2, -0.15) is 0 Å². The van der Waals surface area contributed by atoms with E-state index in [1.807, 2.05) is 70.2 Å². The molecule has 23 heavy (non-hydrogen) atoms.